The van der Waals surface area contributed by atoms with Crippen LogP contribution in [0.15, 0.2) is 0 Å². The van der Waals surface area contributed by atoms with E-state index in [2.05, 4.69) is 10.2 Å². The van der Waals surface area contributed by atoms with Crippen molar-refractivity contribution < 1.29 is 8.78 Å². The molecule has 102 valence electrons. The summed E-state index contributed by atoms with van der Waals surface area (Å²) >= 11 is 0. The maximum absolute atomic E-state index is 12.4. The molecule has 1 rings (SSSR count). The van der Waals surface area contributed by atoms with E-state index in [1.807, 2.05) is 13.8 Å². The van der Waals surface area contributed by atoms with Crippen LogP contribution in [-0.4, -0.2) is 30.2 Å². The molecule has 0 amide bonds. The van der Waals surface area contributed by atoms with Crippen LogP contribution in [0.3, 0.4) is 0 Å². The van der Waals surface area contributed by atoms with Crippen LogP contribution in [0.5, 0.6) is 0 Å². The van der Waals surface area contributed by atoms with Crippen molar-refractivity contribution in [2.24, 2.45) is 5.73 Å². The molecule has 0 radical (unpaired) electrons. The first-order valence-corrected chi connectivity index (χ1v) is 6.11. The Morgan fingerprint density at radius 1 is 1.17 bits per heavy atom. The van der Waals surface area contributed by atoms with Crippen molar-refractivity contribution in [3.63, 3.8) is 0 Å². The zero-order chi connectivity index (χ0) is 13.7. The number of nitrogens with two attached hydrogens (primary N) is 1. The van der Waals surface area contributed by atoms with Crippen molar-refractivity contribution >= 4 is 5.82 Å². The topological polar surface area (TPSA) is 55.0 Å². The minimum atomic E-state index is -2.40. The van der Waals surface area contributed by atoms with Crippen molar-refractivity contribution in [3.8, 4) is 0 Å². The van der Waals surface area contributed by atoms with Gasteiger partial charge in [-0.15, -0.1) is 5.10 Å². The fourth-order valence-corrected chi connectivity index (χ4v) is 2.05. The molecule has 0 unspecified atom stereocenters. The smallest absolute Gasteiger partial charge is 0.255 e. The third-order valence-electron chi connectivity index (χ3n) is 2.91. The first-order valence-electron chi connectivity index (χ1n) is 6.11. The van der Waals surface area contributed by atoms with Gasteiger partial charge in [0.05, 0.1) is 12.2 Å². The lowest BCUT2D eigenvalue weighted by atomic mass is 10.0. The predicted molar refractivity (Wildman–Crippen MR) is 68.0 cm³/mol. The summed E-state index contributed by atoms with van der Waals surface area (Å²) in [5, 5.41) is 8.16. The van der Waals surface area contributed by atoms with E-state index in [9.17, 15) is 8.78 Å². The summed E-state index contributed by atoms with van der Waals surface area (Å²) in [6.45, 7) is 3.92. The molecule has 0 aliphatic carbocycles. The highest BCUT2D eigenvalue weighted by molar-refractivity contribution is 5.50. The summed E-state index contributed by atoms with van der Waals surface area (Å²) in [6.07, 6.45) is -0.860. The number of nitrogens with zero attached hydrogens (tertiary/aromatic N) is 3. The van der Waals surface area contributed by atoms with Crippen LogP contribution in [0, 0.1) is 0 Å². The predicted octanol–water partition coefficient (Wildman–Crippen LogP) is 1.76. The van der Waals surface area contributed by atoms with E-state index in [0.29, 0.717) is 5.82 Å². The molecule has 0 aromatic carbocycles. The quantitative estimate of drug-likeness (QED) is 0.844. The van der Waals surface area contributed by atoms with Gasteiger partial charge < -0.3 is 10.6 Å². The molecule has 0 fully saturated rings. The highest BCUT2D eigenvalue weighted by Gasteiger charge is 2.18. The van der Waals surface area contributed by atoms with Crippen LogP contribution < -0.4 is 10.6 Å². The molecule has 0 saturated carbocycles. The molecule has 0 aliphatic rings. The fourth-order valence-electron chi connectivity index (χ4n) is 2.05. The number of hydrogen-bond donors (Lipinski definition) is 1. The summed E-state index contributed by atoms with van der Waals surface area (Å²) in [5.41, 5.74) is 8.49. The number of aromatic nitrogens is 2. The molecule has 2 N–H and O–H groups in total. The van der Waals surface area contributed by atoms with Crippen molar-refractivity contribution in [1.82, 2.24) is 10.2 Å². The minimum absolute atomic E-state index is 0.286. The molecular weight excluding hydrogens is 238 g/mol. The molecule has 1 aromatic rings. The van der Waals surface area contributed by atoms with Gasteiger partial charge in [-0.25, -0.2) is 8.78 Å². The Hall–Kier alpha value is -1.30. The number of halogens is 2. The molecule has 18 heavy (non-hydrogen) atoms. The van der Waals surface area contributed by atoms with Gasteiger partial charge in [0.1, 0.15) is 0 Å². The second-order valence-corrected chi connectivity index (χ2v) is 4.11. The first kappa shape index (κ1) is 14.8. The minimum Gasteiger partial charge on any atom is -0.352 e. The second kappa shape index (κ2) is 6.58. The van der Waals surface area contributed by atoms with E-state index < -0.39 is 6.43 Å². The van der Waals surface area contributed by atoms with Gasteiger partial charge >= 0.3 is 0 Å². The summed E-state index contributed by atoms with van der Waals surface area (Å²) < 4.78 is 24.8. The van der Waals surface area contributed by atoms with Crippen molar-refractivity contribution in [1.29, 1.82) is 0 Å². The van der Waals surface area contributed by atoms with Crippen LogP contribution in [-0.2, 0) is 19.4 Å². The zero-order valence-electron chi connectivity index (χ0n) is 11.1. The molecule has 4 nitrogen and oxygen atoms in total. The maximum atomic E-state index is 12.4. The molecule has 6 heteroatoms. The summed E-state index contributed by atoms with van der Waals surface area (Å²) in [4.78, 5) is 1.42. The van der Waals surface area contributed by atoms with E-state index >= 15 is 0 Å². The van der Waals surface area contributed by atoms with Gasteiger partial charge in [-0.3, -0.25) is 0 Å². The molecule has 0 atom stereocenters. The molecule has 0 bridgehead atoms. The van der Waals surface area contributed by atoms with Gasteiger partial charge in [0.2, 0.25) is 0 Å². The molecule has 0 saturated heterocycles. The van der Waals surface area contributed by atoms with Gasteiger partial charge in [0, 0.05) is 19.2 Å². The largest absolute Gasteiger partial charge is 0.352 e. The lowest BCUT2D eigenvalue weighted by Gasteiger charge is -2.22. The average Bonchev–Trinajstić information content (AvgIpc) is 2.35. The fraction of sp³-hybridized carbons (Fsp3) is 0.667. The van der Waals surface area contributed by atoms with E-state index in [4.69, 9.17) is 5.73 Å². The standard InChI is InChI=1S/C12H20F2N4/c1-4-8-9(6-15)12(17-16-10(8)5-2)18(3)7-11(13)14/h11H,4-7,15H2,1-3H3. The van der Waals surface area contributed by atoms with Crippen LogP contribution in [0.25, 0.3) is 0 Å². The summed E-state index contributed by atoms with van der Waals surface area (Å²) in [7, 11) is 1.58. The van der Waals surface area contributed by atoms with Gasteiger partial charge in [-0.05, 0) is 18.4 Å². The number of rotatable bonds is 6. The molecule has 1 heterocycles. The highest BCUT2D eigenvalue weighted by atomic mass is 19.3. The zero-order valence-corrected chi connectivity index (χ0v) is 11.1. The monoisotopic (exact) mass is 258 g/mol. The Morgan fingerprint density at radius 2 is 1.83 bits per heavy atom. The average molecular weight is 258 g/mol. The Balaban J connectivity index is 3.20. The first-order chi connectivity index (χ1) is 8.54. The van der Waals surface area contributed by atoms with Crippen LogP contribution in [0.2, 0.25) is 0 Å². The van der Waals surface area contributed by atoms with Gasteiger partial charge in [0.15, 0.2) is 5.82 Å². The SMILES string of the molecule is CCc1nnc(N(C)CC(F)F)c(CN)c1CC. The van der Waals surface area contributed by atoms with Crippen LogP contribution in [0.4, 0.5) is 14.6 Å². The number of hydrogen-bond acceptors (Lipinski definition) is 4. The normalized spacial score (nSPS) is 11.1. The highest BCUT2D eigenvalue weighted by Crippen LogP contribution is 2.23. The van der Waals surface area contributed by atoms with Crippen LogP contribution >= 0.6 is 0 Å². The molecule has 1 aromatic heterocycles. The second-order valence-electron chi connectivity index (χ2n) is 4.11. The Bertz CT molecular complexity index is 396. The molecule has 0 aliphatic heterocycles. The third-order valence-corrected chi connectivity index (χ3v) is 2.91. The third kappa shape index (κ3) is 3.13. The lowest BCUT2D eigenvalue weighted by molar-refractivity contribution is 0.156. The molecule has 0 spiro atoms. The van der Waals surface area contributed by atoms with Crippen molar-refractivity contribution in [2.45, 2.75) is 39.7 Å². The Labute approximate surface area is 106 Å². The Morgan fingerprint density at radius 3 is 2.28 bits per heavy atom. The summed E-state index contributed by atoms with van der Waals surface area (Å²) in [6, 6.07) is 0. The van der Waals surface area contributed by atoms with Crippen molar-refractivity contribution in [2.75, 3.05) is 18.5 Å². The number of aryl methyl sites for hydroxylation is 1. The summed E-state index contributed by atoms with van der Waals surface area (Å²) in [5.74, 6) is 0.465. The van der Waals surface area contributed by atoms with Gasteiger partial charge in [-0.1, -0.05) is 13.8 Å². The maximum Gasteiger partial charge on any atom is 0.255 e. The van der Waals surface area contributed by atoms with E-state index in [1.165, 1.54) is 4.90 Å². The van der Waals surface area contributed by atoms with E-state index in [0.717, 1.165) is 29.7 Å². The van der Waals surface area contributed by atoms with Gasteiger partial charge in [-0.2, -0.15) is 5.10 Å². The van der Waals surface area contributed by atoms with Crippen molar-refractivity contribution in [3.05, 3.63) is 16.8 Å². The van der Waals surface area contributed by atoms with Gasteiger partial charge in [0.25, 0.3) is 6.43 Å². The van der Waals surface area contributed by atoms with Crippen LogP contribution in [0.1, 0.15) is 30.7 Å². The molecular formula is C12H20F2N4. The number of alkyl halides is 2. The lowest BCUT2D eigenvalue weighted by Crippen LogP contribution is -2.28. The van der Waals surface area contributed by atoms with E-state index in [1.54, 1.807) is 7.05 Å². The Kier molecular flexibility index (Phi) is 5.40. The number of anilines is 1. The van der Waals surface area contributed by atoms with E-state index in [-0.39, 0.29) is 13.1 Å².